The molecule has 0 radical (unpaired) electrons. The number of halogens is 26. The first kappa shape index (κ1) is 65.3. The lowest BCUT2D eigenvalue weighted by molar-refractivity contribution is -0.440. The Bertz CT molecular complexity index is 3230. The maximum Gasteiger partial charge on any atom is 0.460 e. The summed E-state index contributed by atoms with van der Waals surface area (Å²) < 4.78 is 360. The van der Waals surface area contributed by atoms with E-state index in [1.165, 1.54) is 12.1 Å². The number of fused-ring (bicyclic) bond motifs is 2. The van der Waals surface area contributed by atoms with Crippen molar-refractivity contribution < 1.29 is 133 Å². The average molecular weight is 1240 g/mol. The van der Waals surface area contributed by atoms with Crippen molar-refractivity contribution in [3.05, 3.63) is 121 Å². The van der Waals surface area contributed by atoms with Gasteiger partial charge in [0.05, 0.1) is 35.6 Å². The lowest BCUT2D eigenvalue weighted by Crippen LogP contribution is -2.70. The van der Waals surface area contributed by atoms with Gasteiger partial charge in [0.25, 0.3) is 0 Å². The topological polar surface area (TPSA) is 102 Å². The lowest BCUT2D eigenvalue weighted by atomic mass is 9.91. The fourth-order valence-electron chi connectivity index (χ4n) is 7.40. The molecule has 0 heterocycles. The number of carbonyl (C=O) groups excluding carboxylic acids is 2. The van der Waals surface area contributed by atoms with Gasteiger partial charge in [-0.3, -0.25) is 9.59 Å². The maximum absolute atomic E-state index is 14.3. The minimum absolute atomic E-state index is 0.0737. The molecule has 6 aromatic carbocycles. The Kier molecular flexibility index (Phi) is 17.3. The van der Waals surface area contributed by atoms with Crippen LogP contribution in [0.3, 0.4) is 0 Å². The zero-order valence-electron chi connectivity index (χ0n) is 40.6. The fourth-order valence-corrected chi connectivity index (χ4v) is 7.40. The van der Waals surface area contributed by atoms with E-state index in [2.05, 4.69) is 29.9 Å². The molecule has 0 aromatic heterocycles. The first-order chi connectivity index (χ1) is 38.3. The third kappa shape index (κ3) is 11.7. The van der Waals surface area contributed by atoms with Crippen LogP contribution in [0.2, 0.25) is 0 Å². The summed E-state index contributed by atoms with van der Waals surface area (Å²) >= 11 is 0. The maximum atomic E-state index is 14.3. The largest absolute Gasteiger partial charge is 0.460 e. The van der Waals surface area contributed by atoms with Crippen LogP contribution in [0.4, 0.5) is 137 Å². The van der Waals surface area contributed by atoms with Gasteiger partial charge in [-0.15, -0.1) is 10.2 Å². The van der Waals surface area contributed by atoms with Crippen LogP contribution in [0, 0.1) is 0 Å². The Labute approximate surface area is 450 Å². The van der Waals surface area contributed by atoms with Gasteiger partial charge in [-0.25, -0.2) is 0 Å². The molecule has 0 N–H and O–H groups in total. The van der Waals surface area contributed by atoms with Crippen molar-refractivity contribution in [2.24, 2.45) is 20.5 Å². The third-order valence-corrected chi connectivity index (χ3v) is 12.0. The molecule has 8 nitrogen and oxygen atoms in total. The zero-order valence-corrected chi connectivity index (χ0v) is 40.6. The van der Waals surface area contributed by atoms with Crippen LogP contribution in [0.1, 0.15) is 25.7 Å². The number of rotatable bonds is 21. The highest BCUT2D eigenvalue weighted by atomic mass is 19.4. The number of azo groups is 2. The molecule has 84 heavy (non-hydrogen) atoms. The summed E-state index contributed by atoms with van der Waals surface area (Å²) in [5.41, 5.74) is 0.706. The molecule has 0 fully saturated rings. The number of hydrogen-bond acceptors (Lipinski definition) is 8. The van der Waals surface area contributed by atoms with Crippen LogP contribution in [-0.4, -0.2) is 83.5 Å². The highest BCUT2D eigenvalue weighted by Gasteiger charge is 2.92. The predicted octanol–water partition coefficient (Wildman–Crippen LogP) is 19.3. The number of hydrogen-bond donors (Lipinski definition) is 0. The van der Waals surface area contributed by atoms with E-state index in [9.17, 15) is 124 Å². The minimum atomic E-state index is -8.13. The van der Waals surface area contributed by atoms with Crippen molar-refractivity contribution in [1.29, 1.82) is 0 Å². The van der Waals surface area contributed by atoms with Gasteiger partial charge in [-0.1, -0.05) is 60.7 Å². The standard InChI is InChI=1S/C50H28F26N4O4/c51-39(52,41(55,56)43(59,60)45(63,64)47(67,68)49(71,72)73)23-21-35(81)83-29-15-11-27(12-16-29)77-79-33-19-9-25-5-1-3-7-31(25)37(33)38-32-8-4-2-6-26(32)10-20-34(38)80-78-28-13-17-30(18-14-28)84-36(82)22-24-40(53,54)42(57,58)44(61,62)46(65,66)48(69,70)50(74,75)76/h1-20H,21-24H2. The normalized spacial score (nSPS) is 14.3. The summed E-state index contributed by atoms with van der Waals surface area (Å²) in [6.07, 6.45) is -24.9. The minimum Gasteiger partial charge on any atom is -0.427 e. The highest BCUT2D eigenvalue weighted by molar-refractivity contribution is 6.12. The number of alkyl halides is 26. The van der Waals surface area contributed by atoms with Crippen LogP contribution in [0.5, 0.6) is 11.5 Å². The van der Waals surface area contributed by atoms with E-state index in [0.29, 0.717) is 32.7 Å². The van der Waals surface area contributed by atoms with Gasteiger partial charge >= 0.3 is 83.5 Å². The van der Waals surface area contributed by atoms with Gasteiger partial charge < -0.3 is 9.47 Å². The first-order valence-electron chi connectivity index (χ1n) is 22.7. The van der Waals surface area contributed by atoms with Crippen molar-refractivity contribution in [3.63, 3.8) is 0 Å². The van der Waals surface area contributed by atoms with E-state index < -0.39 is 121 Å². The van der Waals surface area contributed by atoms with Gasteiger partial charge in [-0.05, 0) is 82.2 Å². The number of ether oxygens (including phenoxy) is 2. The number of esters is 2. The second-order valence-electron chi connectivity index (χ2n) is 17.7. The second-order valence-corrected chi connectivity index (χ2v) is 17.7. The first-order valence-corrected chi connectivity index (χ1v) is 22.7. The molecule has 6 rings (SSSR count). The Balaban J connectivity index is 1.19. The van der Waals surface area contributed by atoms with E-state index in [-0.39, 0.29) is 22.7 Å². The van der Waals surface area contributed by atoms with Crippen LogP contribution in [0.15, 0.2) is 142 Å². The molecule has 0 saturated heterocycles. The number of nitrogens with zero attached hydrogens (tertiary/aromatic N) is 4. The van der Waals surface area contributed by atoms with Crippen molar-refractivity contribution in [2.75, 3.05) is 0 Å². The summed E-state index contributed by atoms with van der Waals surface area (Å²) in [5.74, 6) is -81.6. The summed E-state index contributed by atoms with van der Waals surface area (Å²) in [4.78, 5) is 24.5. The van der Waals surface area contributed by atoms with Crippen LogP contribution >= 0.6 is 0 Å². The Morgan fingerprint density at radius 3 is 0.905 bits per heavy atom. The molecule has 0 amide bonds. The summed E-state index contributed by atoms with van der Waals surface area (Å²) in [7, 11) is 0. The molecule has 34 heteroatoms. The van der Waals surface area contributed by atoms with E-state index in [4.69, 9.17) is 0 Å². The van der Waals surface area contributed by atoms with Gasteiger partial charge in [0.1, 0.15) is 11.5 Å². The second kappa shape index (κ2) is 22.3. The molecule has 0 aliphatic rings. The van der Waals surface area contributed by atoms with Gasteiger partial charge in [-0.2, -0.15) is 124 Å². The number of benzene rings is 6. The highest BCUT2D eigenvalue weighted by Crippen LogP contribution is 2.63. The molecule has 0 atom stereocenters. The van der Waals surface area contributed by atoms with Gasteiger partial charge in [0, 0.05) is 24.0 Å². The van der Waals surface area contributed by atoms with Crippen molar-refractivity contribution in [2.45, 2.75) is 97.3 Å². The molecular formula is C50H28F26N4O4. The Morgan fingerprint density at radius 2 is 0.607 bits per heavy atom. The lowest BCUT2D eigenvalue weighted by Gasteiger charge is -2.39. The van der Waals surface area contributed by atoms with E-state index in [1.54, 1.807) is 60.7 Å². The molecule has 0 unspecified atom stereocenters. The Morgan fingerprint density at radius 1 is 0.321 bits per heavy atom. The summed E-state index contributed by atoms with van der Waals surface area (Å²) in [5, 5.41) is 19.2. The molecule has 0 aliphatic carbocycles. The van der Waals surface area contributed by atoms with Gasteiger partial charge in [0.2, 0.25) is 0 Å². The van der Waals surface area contributed by atoms with Crippen molar-refractivity contribution >= 4 is 56.2 Å². The fraction of sp³-hybridized carbons (Fsp3) is 0.320. The molecule has 0 bridgehead atoms. The zero-order chi connectivity index (χ0) is 63.3. The summed E-state index contributed by atoms with van der Waals surface area (Å²) in [6, 6.07) is 27.4. The quantitative estimate of drug-likeness (QED) is 0.0310. The van der Waals surface area contributed by atoms with Gasteiger partial charge in [0.15, 0.2) is 0 Å². The monoisotopic (exact) mass is 1240 g/mol. The third-order valence-electron chi connectivity index (χ3n) is 12.0. The van der Waals surface area contributed by atoms with Crippen LogP contribution < -0.4 is 9.47 Å². The Hall–Kier alpha value is -7.84. The van der Waals surface area contributed by atoms with Crippen LogP contribution in [-0.2, 0) is 9.59 Å². The molecule has 0 spiro atoms. The average Bonchev–Trinajstić information content (AvgIpc) is 0.767. The SMILES string of the molecule is O=C(CCC(F)(F)C(F)(F)C(F)(F)C(F)(F)C(F)(F)C(F)(F)F)Oc1ccc(N=Nc2ccc3ccccc3c2-c2c(N=Nc3ccc(OC(=O)CCC(F)(F)C(F)(F)C(F)(F)C(F)(F)C(F)(F)C(F)(F)F)cc3)ccc3ccccc23)cc1. The predicted molar refractivity (Wildman–Crippen MR) is 239 cm³/mol. The van der Waals surface area contributed by atoms with Crippen LogP contribution in [0.25, 0.3) is 32.7 Å². The molecular weight excluding hydrogens is 1210 g/mol. The molecule has 0 aliphatic heterocycles. The van der Waals surface area contributed by atoms with Crippen molar-refractivity contribution in [3.8, 4) is 22.6 Å². The van der Waals surface area contributed by atoms with E-state index >= 15 is 0 Å². The smallest absolute Gasteiger partial charge is 0.427 e. The molecule has 0 saturated carbocycles. The van der Waals surface area contributed by atoms with Crippen molar-refractivity contribution in [1.82, 2.24) is 0 Å². The number of carbonyl (C=O) groups is 2. The van der Waals surface area contributed by atoms with E-state index in [0.717, 1.165) is 48.5 Å². The molecule has 454 valence electrons. The molecule has 6 aromatic rings. The summed E-state index contributed by atoms with van der Waals surface area (Å²) in [6.45, 7) is 0. The van der Waals surface area contributed by atoms with E-state index in [1.807, 2.05) is 0 Å².